The van der Waals surface area contributed by atoms with E-state index in [0.717, 1.165) is 31.2 Å². The van der Waals surface area contributed by atoms with E-state index in [9.17, 15) is 4.79 Å². The van der Waals surface area contributed by atoms with Crippen molar-refractivity contribution in [3.8, 4) is 0 Å². The predicted octanol–water partition coefficient (Wildman–Crippen LogP) is 2.15. The smallest absolute Gasteiger partial charge is 0.257 e. The molecule has 1 aliphatic rings. The van der Waals surface area contributed by atoms with Crippen LogP contribution in [-0.4, -0.2) is 51.4 Å². The maximum Gasteiger partial charge on any atom is 0.257 e. The Morgan fingerprint density at radius 2 is 2.17 bits per heavy atom. The highest BCUT2D eigenvalue weighted by Gasteiger charge is 2.33. The minimum absolute atomic E-state index is 0.0503. The summed E-state index contributed by atoms with van der Waals surface area (Å²) in [6, 6.07) is 1.96. The van der Waals surface area contributed by atoms with Gasteiger partial charge in [-0.3, -0.25) is 9.69 Å². The largest absolute Gasteiger partial charge is 0.466 e. The highest BCUT2D eigenvalue weighted by Crippen LogP contribution is 2.26. The molecule has 0 bridgehead atoms. The minimum Gasteiger partial charge on any atom is -0.466 e. The Bertz CT molecular complexity index is 703. The third-order valence-electron chi connectivity index (χ3n) is 4.61. The van der Waals surface area contributed by atoms with Crippen LogP contribution >= 0.6 is 0 Å². The van der Waals surface area contributed by atoms with Crippen LogP contribution in [0.1, 0.15) is 40.7 Å². The van der Waals surface area contributed by atoms with Crippen molar-refractivity contribution in [1.29, 1.82) is 0 Å². The molecule has 124 valence electrons. The van der Waals surface area contributed by atoms with Gasteiger partial charge in [-0.25, -0.2) is 4.98 Å². The van der Waals surface area contributed by atoms with Crippen molar-refractivity contribution in [2.45, 2.75) is 26.8 Å². The van der Waals surface area contributed by atoms with Gasteiger partial charge in [-0.15, -0.1) is 0 Å². The molecule has 23 heavy (non-hydrogen) atoms. The Morgan fingerprint density at radius 1 is 1.39 bits per heavy atom. The van der Waals surface area contributed by atoms with E-state index in [4.69, 9.17) is 4.42 Å². The van der Waals surface area contributed by atoms with Crippen LogP contribution in [0.4, 0.5) is 0 Å². The minimum atomic E-state index is 0.0503. The fraction of sp³-hybridized carbons (Fsp3) is 0.529. The first-order valence-electron chi connectivity index (χ1n) is 8.08. The molecule has 1 saturated heterocycles. The molecule has 1 unspecified atom stereocenters. The van der Waals surface area contributed by atoms with E-state index in [-0.39, 0.29) is 11.9 Å². The molecule has 0 aliphatic carbocycles. The van der Waals surface area contributed by atoms with Gasteiger partial charge in [0.1, 0.15) is 17.3 Å². The summed E-state index contributed by atoms with van der Waals surface area (Å²) < 4.78 is 7.55. The number of rotatable bonds is 3. The third kappa shape index (κ3) is 2.91. The number of likely N-dealkylation sites (N-methyl/N-ethyl adjacent to an activating group) is 1. The van der Waals surface area contributed by atoms with Crippen molar-refractivity contribution in [2.24, 2.45) is 7.05 Å². The normalized spacial score (nSPS) is 19.3. The summed E-state index contributed by atoms with van der Waals surface area (Å²) in [6.07, 6.45) is 3.76. The maximum atomic E-state index is 12.8. The fourth-order valence-corrected chi connectivity index (χ4v) is 3.34. The summed E-state index contributed by atoms with van der Waals surface area (Å²) in [5.74, 6) is 2.52. The summed E-state index contributed by atoms with van der Waals surface area (Å²) in [5.41, 5.74) is 0.672. The first kappa shape index (κ1) is 15.8. The van der Waals surface area contributed by atoms with E-state index >= 15 is 0 Å². The Balaban J connectivity index is 1.84. The van der Waals surface area contributed by atoms with Gasteiger partial charge in [0.15, 0.2) is 0 Å². The second-order valence-electron chi connectivity index (χ2n) is 6.12. The number of aryl methyl sites for hydroxylation is 3. The zero-order valence-electron chi connectivity index (χ0n) is 14.2. The lowest BCUT2D eigenvalue weighted by atomic mass is 10.1. The molecule has 0 saturated carbocycles. The average Bonchev–Trinajstić information content (AvgIpc) is 3.11. The van der Waals surface area contributed by atoms with Crippen molar-refractivity contribution in [3.63, 3.8) is 0 Å². The quantitative estimate of drug-likeness (QED) is 0.870. The molecule has 1 fully saturated rings. The Morgan fingerprint density at radius 3 is 2.74 bits per heavy atom. The number of amides is 1. The summed E-state index contributed by atoms with van der Waals surface area (Å²) in [6.45, 7) is 9.06. The Hall–Kier alpha value is -2.08. The molecule has 3 rings (SSSR count). The zero-order valence-corrected chi connectivity index (χ0v) is 14.2. The molecule has 6 nitrogen and oxygen atoms in total. The third-order valence-corrected chi connectivity index (χ3v) is 4.61. The molecule has 0 N–H and O–H groups in total. The molecule has 3 heterocycles. The number of hydrogen-bond donors (Lipinski definition) is 0. The molecule has 6 heteroatoms. The van der Waals surface area contributed by atoms with Crippen molar-refractivity contribution >= 4 is 5.91 Å². The van der Waals surface area contributed by atoms with E-state index in [2.05, 4.69) is 16.8 Å². The number of carbonyl (C=O) groups excluding carboxylic acids is 1. The molecule has 2 aromatic rings. The van der Waals surface area contributed by atoms with Crippen LogP contribution in [0, 0.1) is 13.8 Å². The monoisotopic (exact) mass is 316 g/mol. The van der Waals surface area contributed by atoms with Crippen LogP contribution < -0.4 is 0 Å². The van der Waals surface area contributed by atoms with E-state index in [0.29, 0.717) is 17.9 Å². The topological polar surface area (TPSA) is 54.5 Å². The molecule has 1 aliphatic heterocycles. The van der Waals surface area contributed by atoms with Gasteiger partial charge in [0, 0.05) is 39.1 Å². The number of hydrogen-bond acceptors (Lipinski definition) is 4. The highest BCUT2D eigenvalue weighted by atomic mass is 16.3. The van der Waals surface area contributed by atoms with E-state index in [1.165, 1.54) is 0 Å². The van der Waals surface area contributed by atoms with Crippen molar-refractivity contribution in [2.75, 3.05) is 26.2 Å². The molecular formula is C17H24N4O2. The lowest BCUT2D eigenvalue weighted by Gasteiger charge is -2.40. The number of furan rings is 1. The van der Waals surface area contributed by atoms with Gasteiger partial charge in [-0.1, -0.05) is 6.92 Å². The number of piperazine rings is 1. The number of aromatic nitrogens is 2. The molecule has 1 amide bonds. The standard InChI is InChI=1S/C17H24N4O2/c1-5-20-8-9-21(11-15(20)16-18-6-7-19(16)4)17(22)14-10-12(2)23-13(14)3/h6-7,10,15H,5,8-9,11H2,1-4H3. The number of nitrogens with zero attached hydrogens (tertiary/aromatic N) is 4. The molecule has 1 atom stereocenters. The Labute approximate surface area is 136 Å². The Kier molecular flexibility index (Phi) is 4.26. The first-order valence-corrected chi connectivity index (χ1v) is 8.08. The summed E-state index contributed by atoms with van der Waals surface area (Å²) in [5, 5.41) is 0. The van der Waals surface area contributed by atoms with Crippen LogP contribution in [0.15, 0.2) is 22.9 Å². The average molecular weight is 316 g/mol. The van der Waals surface area contributed by atoms with Gasteiger partial charge in [0.05, 0.1) is 11.6 Å². The van der Waals surface area contributed by atoms with E-state index in [1.54, 1.807) is 0 Å². The fourth-order valence-electron chi connectivity index (χ4n) is 3.34. The SMILES string of the molecule is CCN1CCN(C(=O)c2cc(C)oc2C)CC1c1nccn1C. The lowest BCUT2D eigenvalue weighted by molar-refractivity contribution is 0.0471. The lowest BCUT2D eigenvalue weighted by Crippen LogP contribution is -2.51. The van der Waals surface area contributed by atoms with Crippen molar-refractivity contribution < 1.29 is 9.21 Å². The molecule has 0 radical (unpaired) electrons. The summed E-state index contributed by atoms with van der Waals surface area (Å²) in [4.78, 5) is 21.6. The molecule has 0 aromatic carbocycles. The van der Waals surface area contributed by atoms with Crippen LogP contribution in [0.5, 0.6) is 0 Å². The number of carbonyl (C=O) groups is 1. The van der Waals surface area contributed by atoms with Crippen LogP contribution in [0.3, 0.4) is 0 Å². The van der Waals surface area contributed by atoms with Crippen LogP contribution in [0.2, 0.25) is 0 Å². The van der Waals surface area contributed by atoms with Gasteiger partial charge in [-0.05, 0) is 26.5 Å². The van der Waals surface area contributed by atoms with Gasteiger partial charge in [0.2, 0.25) is 0 Å². The number of imidazole rings is 1. The van der Waals surface area contributed by atoms with E-state index in [1.807, 2.05) is 48.8 Å². The highest BCUT2D eigenvalue weighted by molar-refractivity contribution is 5.95. The van der Waals surface area contributed by atoms with E-state index < -0.39 is 0 Å². The van der Waals surface area contributed by atoms with Gasteiger partial charge in [-0.2, -0.15) is 0 Å². The second-order valence-corrected chi connectivity index (χ2v) is 6.12. The molecular weight excluding hydrogens is 292 g/mol. The van der Waals surface area contributed by atoms with Crippen LogP contribution in [0.25, 0.3) is 0 Å². The predicted molar refractivity (Wildman–Crippen MR) is 87.3 cm³/mol. The zero-order chi connectivity index (χ0) is 16.6. The summed E-state index contributed by atoms with van der Waals surface area (Å²) in [7, 11) is 2.00. The van der Waals surface area contributed by atoms with Gasteiger partial charge >= 0.3 is 0 Å². The summed E-state index contributed by atoms with van der Waals surface area (Å²) >= 11 is 0. The van der Waals surface area contributed by atoms with Crippen LogP contribution in [-0.2, 0) is 7.05 Å². The molecule has 0 spiro atoms. The maximum absolute atomic E-state index is 12.8. The van der Waals surface area contributed by atoms with Crippen molar-refractivity contribution in [1.82, 2.24) is 19.4 Å². The second kappa shape index (κ2) is 6.20. The van der Waals surface area contributed by atoms with Gasteiger partial charge in [0.25, 0.3) is 5.91 Å². The van der Waals surface area contributed by atoms with Crippen molar-refractivity contribution in [3.05, 3.63) is 41.4 Å². The molecule has 2 aromatic heterocycles. The first-order chi connectivity index (χ1) is 11.0. The van der Waals surface area contributed by atoms with Gasteiger partial charge < -0.3 is 13.9 Å².